The summed E-state index contributed by atoms with van der Waals surface area (Å²) in [7, 11) is 1.65. The second-order valence-corrected chi connectivity index (χ2v) is 4.81. The molecule has 0 spiro atoms. The van der Waals surface area contributed by atoms with Crippen LogP contribution >= 0.6 is 0 Å². The fraction of sp³-hybridized carbons (Fsp3) is 0.636. The van der Waals surface area contributed by atoms with E-state index in [0.717, 1.165) is 6.42 Å². The Kier molecular flexibility index (Phi) is 3.68. The first-order valence-corrected chi connectivity index (χ1v) is 6.13. The average molecular weight is 267 g/mol. The van der Waals surface area contributed by atoms with Gasteiger partial charge in [0, 0.05) is 13.6 Å². The number of rotatable bonds is 2. The zero-order chi connectivity index (χ0) is 14.0. The van der Waals surface area contributed by atoms with Gasteiger partial charge in [-0.05, 0) is 18.8 Å². The van der Waals surface area contributed by atoms with E-state index in [-0.39, 0.29) is 0 Å². The van der Waals surface area contributed by atoms with Crippen molar-refractivity contribution in [1.29, 1.82) is 0 Å². The average Bonchev–Trinajstić information content (AvgIpc) is 2.74. The molecule has 8 heteroatoms. The Labute approximate surface area is 110 Å². The number of aryl methyl sites for hydroxylation is 1. The molecule has 2 heterocycles. The lowest BCUT2D eigenvalue weighted by molar-refractivity contribution is -0.143. The van der Waals surface area contributed by atoms with Crippen molar-refractivity contribution in [2.45, 2.75) is 25.8 Å². The summed E-state index contributed by atoms with van der Waals surface area (Å²) in [5.41, 5.74) is 0. The molecule has 2 atom stereocenters. The smallest absolute Gasteiger partial charge is 0.326 e. The minimum absolute atomic E-state index is 0.299. The molecule has 0 bridgehead atoms. The van der Waals surface area contributed by atoms with Gasteiger partial charge in [-0.25, -0.2) is 14.3 Å². The van der Waals surface area contributed by atoms with Crippen LogP contribution in [0.3, 0.4) is 0 Å². The highest BCUT2D eigenvalue weighted by Gasteiger charge is 2.35. The monoisotopic (exact) mass is 267 g/mol. The number of carbonyl (C=O) groups excluding carboxylic acids is 1. The Hall–Kier alpha value is -2.12. The fourth-order valence-corrected chi connectivity index (χ4v) is 2.20. The van der Waals surface area contributed by atoms with Gasteiger partial charge in [0.15, 0.2) is 0 Å². The molecule has 1 aliphatic heterocycles. The van der Waals surface area contributed by atoms with Crippen molar-refractivity contribution in [3.05, 3.63) is 6.33 Å². The Balaban J connectivity index is 2.08. The summed E-state index contributed by atoms with van der Waals surface area (Å²) >= 11 is 0. The van der Waals surface area contributed by atoms with Crippen LogP contribution in [-0.2, 0) is 11.8 Å². The van der Waals surface area contributed by atoms with Gasteiger partial charge in [0.25, 0.3) is 0 Å². The summed E-state index contributed by atoms with van der Waals surface area (Å²) in [4.78, 5) is 28.6. The van der Waals surface area contributed by atoms with Crippen molar-refractivity contribution in [2.24, 2.45) is 13.0 Å². The molecule has 1 fully saturated rings. The molecule has 0 radical (unpaired) electrons. The van der Waals surface area contributed by atoms with Crippen molar-refractivity contribution >= 4 is 17.9 Å². The molecule has 1 aromatic rings. The van der Waals surface area contributed by atoms with E-state index >= 15 is 0 Å². The fourth-order valence-electron chi connectivity index (χ4n) is 2.20. The van der Waals surface area contributed by atoms with E-state index in [4.69, 9.17) is 0 Å². The van der Waals surface area contributed by atoms with Gasteiger partial charge in [-0.2, -0.15) is 10.1 Å². The van der Waals surface area contributed by atoms with E-state index in [0.29, 0.717) is 24.8 Å². The Bertz CT molecular complexity index is 486. The van der Waals surface area contributed by atoms with Crippen LogP contribution in [0.15, 0.2) is 6.33 Å². The summed E-state index contributed by atoms with van der Waals surface area (Å²) in [6, 6.07) is -1.23. The molecule has 8 nitrogen and oxygen atoms in total. The number of hydrogen-bond donors (Lipinski definition) is 2. The van der Waals surface area contributed by atoms with E-state index in [2.05, 4.69) is 15.4 Å². The molecule has 1 aliphatic rings. The summed E-state index contributed by atoms with van der Waals surface area (Å²) in [6.07, 6.45) is 2.60. The van der Waals surface area contributed by atoms with Crippen LogP contribution in [0.2, 0.25) is 0 Å². The summed E-state index contributed by atoms with van der Waals surface area (Å²) in [6.45, 7) is 2.43. The predicted molar refractivity (Wildman–Crippen MR) is 66.5 cm³/mol. The Morgan fingerprint density at radius 2 is 2.26 bits per heavy atom. The molecule has 1 saturated heterocycles. The minimum atomic E-state index is -0.973. The SMILES string of the molecule is CC1CCN(C(=O)Nc2ncnn2C)C(C(=O)O)C1. The van der Waals surface area contributed by atoms with Crippen molar-refractivity contribution in [2.75, 3.05) is 11.9 Å². The number of anilines is 1. The Morgan fingerprint density at radius 1 is 1.53 bits per heavy atom. The van der Waals surface area contributed by atoms with Crippen LogP contribution in [0, 0.1) is 5.92 Å². The molecule has 0 aliphatic carbocycles. The van der Waals surface area contributed by atoms with Crippen LogP contribution in [0.4, 0.5) is 10.7 Å². The van der Waals surface area contributed by atoms with Crippen LogP contribution in [0.25, 0.3) is 0 Å². The molecule has 1 aromatic heterocycles. The highest BCUT2D eigenvalue weighted by molar-refractivity contribution is 5.91. The third-order valence-electron chi connectivity index (χ3n) is 3.34. The summed E-state index contributed by atoms with van der Waals surface area (Å²) in [5, 5.41) is 15.6. The van der Waals surface area contributed by atoms with Crippen molar-refractivity contribution in [3.8, 4) is 0 Å². The standard InChI is InChI=1S/C11H17N5O3/c1-7-3-4-16(8(5-7)9(17)18)11(19)14-10-12-6-13-15(10)2/h6-8H,3-5H2,1-2H3,(H,17,18)(H,12,13,14,19). The van der Waals surface area contributed by atoms with Gasteiger partial charge < -0.3 is 10.0 Å². The first-order valence-electron chi connectivity index (χ1n) is 6.13. The zero-order valence-electron chi connectivity index (χ0n) is 10.9. The highest BCUT2D eigenvalue weighted by atomic mass is 16.4. The lowest BCUT2D eigenvalue weighted by Crippen LogP contribution is -2.51. The van der Waals surface area contributed by atoms with Crippen molar-refractivity contribution in [3.63, 3.8) is 0 Å². The van der Waals surface area contributed by atoms with E-state index in [9.17, 15) is 14.7 Å². The molecular weight excluding hydrogens is 250 g/mol. The van der Waals surface area contributed by atoms with Crippen LogP contribution in [0.1, 0.15) is 19.8 Å². The summed E-state index contributed by atoms with van der Waals surface area (Å²) in [5.74, 6) is -0.368. The number of aliphatic carboxylic acids is 1. The molecule has 2 amide bonds. The van der Waals surface area contributed by atoms with Crippen LogP contribution in [0.5, 0.6) is 0 Å². The number of carboxylic acids is 1. The van der Waals surface area contributed by atoms with E-state index < -0.39 is 18.0 Å². The zero-order valence-corrected chi connectivity index (χ0v) is 10.9. The first kappa shape index (κ1) is 13.3. The maximum absolute atomic E-state index is 12.1. The quantitative estimate of drug-likeness (QED) is 0.814. The number of aromatic nitrogens is 3. The molecule has 104 valence electrons. The highest BCUT2D eigenvalue weighted by Crippen LogP contribution is 2.23. The number of amides is 2. The second-order valence-electron chi connectivity index (χ2n) is 4.81. The van der Waals surface area contributed by atoms with Crippen molar-refractivity contribution in [1.82, 2.24) is 19.7 Å². The lowest BCUT2D eigenvalue weighted by Gasteiger charge is -2.35. The number of likely N-dealkylation sites (tertiary alicyclic amines) is 1. The first-order chi connectivity index (χ1) is 8.99. The van der Waals surface area contributed by atoms with Gasteiger partial charge in [0.05, 0.1) is 0 Å². The maximum atomic E-state index is 12.1. The minimum Gasteiger partial charge on any atom is -0.480 e. The maximum Gasteiger partial charge on any atom is 0.326 e. The van der Waals surface area contributed by atoms with Gasteiger partial charge in [0.1, 0.15) is 12.4 Å². The molecular formula is C11H17N5O3. The number of carboxylic acid groups (broad SMARTS) is 1. The van der Waals surface area contributed by atoms with Crippen LogP contribution in [-0.4, -0.2) is 49.4 Å². The molecule has 0 saturated carbocycles. The number of nitrogens with zero attached hydrogens (tertiary/aromatic N) is 4. The lowest BCUT2D eigenvalue weighted by atomic mass is 9.93. The van der Waals surface area contributed by atoms with Gasteiger partial charge in [-0.15, -0.1) is 0 Å². The number of piperidine rings is 1. The predicted octanol–water partition coefficient (Wildman–Crippen LogP) is 0.532. The van der Waals surface area contributed by atoms with Gasteiger partial charge in [0.2, 0.25) is 5.95 Å². The number of urea groups is 1. The molecule has 19 heavy (non-hydrogen) atoms. The normalized spacial score (nSPS) is 23.2. The van der Waals surface area contributed by atoms with E-state index in [1.807, 2.05) is 6.92 Å². The third-order valence-corrected chi connectivity index (χ3v) is 3.34. The van der Waals surface area contributed by atoms with E-state index in [1.54, 1.807) is 7.05 Å². The second kappa shape index (κ2) is 5.25. The summed E-state index contributed by atoms with van der Waals surface area (Å²) < 4.78 is 1.42. The van der Waals surface area contributed by atoms with Gasteiger partial charge in [-0.1, -0.05) is 6.92 Å². The number of hydrogen-bond acceptors (Lipinski definition) is 4. The van der Waals surface area contributed by atoms with Gasteiger partial charge in [-0.3, -0.25) is 5.32 Å². The van der Waals surface area contributed by atoms with E-state index in [1.165, 1.54) is 15.9 Å². The van der Waals surface area contributed by atoms with Crippen molar-refractivity contribution < 1.29 is 14.7 Å². The Morgan fingerprint density at radius 3 is 2.84 bits per heavy atom. The molecule has 2 rings (SSSR count). The van der Waals surface area contributed by atoms with Gasteiger partial charge >= 0.3 is 12.0 Å². The molecule has 2 unspecified atom stereocenters. The molecule has 0 aromatic carbocycles. The van der Waals surface area contributed by atoms with Crippen LogP contribution < -0.4 is 5.32 Å². The third kappa shape index (κ3) is 2.83. The largest absolute Gasteiger partial charge is 0.480 e. The number of carbonyl (C=O) groups is 2. The molecule has 2 N–H and O–H groups in total. The topological polar surface area (TPSA) is 100 Å². The number of nitrogens with one attached hydrogen (secondary N) is 1.